The number of sulfone groups is 1. The van der Waals surface area contributed by atoms with Crippen molar-refractivity contribution in [3.8, 4) is 5.75 Å². The number of ether oxygens (including phenoxy) is 1. The summed E-state index contributed by atoms with van der Waals surface area (Å²) in [7, 11) is -1.92. The molecule has 1 aliphatic heterocycles. The van der Waals surface area contributed by atoms with Crippen LogP contribution in [0.1, 0.15) is 34.3 Å². The van der Waals surface area contributed by atoms with Crippen molar-refractivity contribution in [1.82, 2.24) is 14.8 Å². The van der Waals surface area contributed by atoms with E-state index in [2.05, 4.69) is 16.0 Å². The summed E-state index contributed by atoms with van der Waals surface area (Å²) < 4.78 is 32.0. The largest absolute Gasteiger partial charge is 0.496 e. The van der Waals surface area contributed by atoms with E-state index in [-0.39, 0.29) is 16.6 Å². The van der Waals surface area contributed by atoms with Gasteiger partial charge in [-0.25, -0.2) is 8.42 Å². The molecule has 1 saturated heterocycles. The summed E-state index contributed by atoms with van der Waals surface area (Å²) in [5.74, 6) is 0.701. The quantitative estimate of drug-likeness (QED) is 0.328. The molecule has 0 spiro atoms. The zero-order chi connectivity index (χ0) is 27.2. The van der Waals surface area contributed by atoms with Crippen molar-refractivity contribution in [3.05, 3.63) is 102 Å². The lowest BCUT2D eigenvalue weighted by Gasteiger charge is -2.31. The van der Waals surface area contributed by atoms with Crippen molar-refractivity contribution in [2.24, 2.45) is 0 Å². The first-order valence-corrected chi connectivity index (χ1v) is 14.9. The molecular formula is C31H33N3O4S. The van der Waals surface area contributed by atoms with Gasteiger partial charge in [0.2, 0.25) is 0 Å². The molecule has 202 valence electrons. The van der Waals surface area contributed by atoms with Crippen LogP contribution in [0.5, 0.6) is 5.75 Å². The molecule has 0 saturated carbocycles. The first-order chi connectivity index (χ1) is 18.9. The van der Waals surface area contributed by atoms with Crippen LogP contribution in [0.3, 0.4) is 0 Å². The maximum atomic E-state index is 13.4. The zero-order valence-corrected chi connectivity index (χ0v) is 22.9. The number of rotatable bonds is 7. The molecule has 7 nitrogen and oxygen atoms in total. The van der Waals surface area contributed by atoms with Gasteiger partial charge in [-0.1, -0.05) is 48.5 Å². The highest BCUT2D eigenvalue weighted by Crippen LogP contribution is 2.25. The van der Waals surface area contributed by atoms with Crippen LogP contribution in [-0.4, -0.2) is 62.4 Å². The number of pyridine rings is 1. The number of carbonyl (C=O) groups is 1. The van der Waals surface area contributed by atoms with E-state index in [4.69, 9.17) is 4.74 Å². The molecule has 0 aliphatic carbocycles. The van der Waals surface area contributed by atoms with Crippen LogP contribution in [0.2, 0.25) is 0 Å². The van der Waals surface area contributed by atoms with E-state index in [0.29, 0.717) is 29.7 Å². The topological polar surface area (TPSA) is 79.8 Å². The molecule has 2 heterocycles. The summed E-state index contributed by atoms with van der Waals surface area (Å²) in [5.41, 5.74) is 2.82. The number of hydrogen-bond acceptors (Lipinski definition) is 6. The Morgan fingerprint density at radius 2 is 1.64 bits per heavy atom. The summed E-state index contributed by atoms with van der Waals surface area (Å²) in [6, 6.07) is 23.8. The van der Waals surface area contributed by atoms with Gasteiger partial charge in [0.15, 0.2) is 9.84 Å². The van der Waals surface area contributed by atoms with Gasteiger partial charge in [0.1, 0.15) is 5.75 Å². The second kappa shape index (κ2) is 12.0. The highest BCUT2D eigenvalue weighted by Gasteiger charge is 2.22. The molecule has 4 aromatic rings. The highest BCUT2D eigenvalue weighted by molar-refractivity contribution is 7.90. The summed E-state index contributed by atoms with van der Waals surface area (Å²) in [6.45, 7) is 3.89. The second-order valence-corrected chi connectivity index (χ2v) is 11.8. The summed E-state index contributed by atoms with van der Waals surface area (Å²) in [5, 5.41) is 0.786. The van der Waals surface area contributed by atoms with Gasteiger partial charge >= 0.3 is 0 Å². The van der Waals surface area contributed by atoms with Crippen molar-refractivity contribution in [3.63, 3.8) is 0 Å². The van der Waals surface area contributed by atoms with E-state index in [1.807, 2.05) is 35.2 Å². The number of amides is 1. The molecule has 1 amide bonds. The van der Waals surface area contributed by atoms with E-state index in [0.717, 1.165) is 49.2 Å². The molecule has 1 aromatic heterocycles. The molecule has 1 aliphatic rings. The lowest BCUT2D eigenvalue weighted by atomic mass is 10.1. The molecule has 0 N–H and O–H groups in total. The van der Waals surface area contributed by atoms with Crippen molar-refractivity contribution < 1.29 is 17.9 Å². The van der Waals surface area contributed by atoms with Gasteiger partial charge in [0.05, 0.1) is 23.3 Å². The van der Waals surface area contributed by atoms with Gasteiger partial charge in [-0.3, -0.25) is 14.7 Å². The summed E-state index contributed by atoms with van der Waals surface area (Å²) in [4.78, 5) is 22.1. The Hall–Kier alpha value is -3.75. The van der Waals surface area contributed by atoms with E-state index in [1.165, 1.54) is 0 Å². The Balaban J connectivity index is 1.24. The first kappa shape index (κ1) is 26.8. The minimum absolute atomic E-state index is 0.0261. The Kier molecular flexibility index (Phi) is 8.24. The third kappa shape index (κ3) is 6.29. The number of fused-ring (bicyclic) bond motifs is 1. The van der Waals surface area contributed by atoms with Crippen LogP contribution < -0.4 is 4.74 Å². The van der Waals surface area contributed by atoms with Crippen LogP contribution in [0.15, 0.2) is 90.0 Å². The minimum Gasteiger partial charge on any atom is -0.496 e. The number of para-hydroxylation sites is 2. The van der Waals surface area contributed by atoms with Crippen LogP contribution in [0, 0.1) is 0 Å². The SMILES string of the molecule is COc1ccccc1CN1CCCCN(C(=O)c2ccc(CS(=O)(=O)c3cccc4cccnc34)cc2)CC1. The number of aromatic nitrogens is 1. The Morgan fingerprint density at radius 1 is 0.872 bits per heavy atom. The maximum Gasteiger partial charge on any atom is 0.253 e. The van der Waals surface area contributed by atoms with E-state index < -0.39 is 9.84 Å². The molecular weight excluding hydrogens is 510 g/mol. The summed E-state index contributed by atoms with van der Waals surface area (Å²) in [6.07, 6.45) is 3.55. The molecule has 0 unspecified atom stereocenters. The van der Waals surface area contributed by atoms with Gasteiger partial charge in [-0.15, -0.1) is 0 Å². The summed E-state index contributed by atoms with van der Waals surface area (Å²) >= 11 is 0. The monoisotopic (exact) mass is 543 g/mol. The standard InChI is InChI=1S/C31H33N3O4S/c1-38-28-11-3-2-8-27(28)22-33-18-4-5-19-34(21-20-33)31(35)26-15-13-24(14-16-26)23-39(36,37)29-12-6-9-25-10-7-17-32-30(25)29/h2-3,6-17H,4-5,18-23H2,1H3. The van der Waals surface area contributed by atoms with Gasteiger partial charge < -0.3 is 9.64 Å². The molecule has 0 atom stereocenters. The van der Waals surface area contributed by atoms with Gasteiger partial charge in [0, 0.05) is 48.9 Å². The number of nitrogens with zero attached hydrogens (tertiary/aromatic N) is 3. The molecule has 39 heavy (non-hydrogen) atoms. The smallest absolute Gasteiger partial charge is 0.253 e. The van der Waals surface area contributed by atoms with Crippen LogP contribution in [0.25, 0.3) is 10.9 Å². The van der Waals surface area contributed by atoms with Gasteiger partial charge in [0.25, 0.3) is 5.91 Å². The predicted octanol–water partition coefficient (Wildman–Crippen LogP) is 4.96. The Labute approximate surface area is 230 Å². The number of methoxy groups -OCH3 is 1. The number of benzene rings is 3. The predicted molar refractivity (Wildman–Crippen MR) is 152 cm³/mol. The molecule has 1 fully saturated rings. The normalized spacial score (nSPS) is 15.1. The third-order valence-electron chi connectivity index (χ3n) is 7.20. The molecule has 8 heteroatoms. The van der Waals surface area contributed by atoms with Gasteiger partial charge in [-0.2, -0.15) is 0 Å². The van der Waals surface area contributed by atoms with Crippen LogP contribution >= 0.6 is 0 Å². The lowest BCUT2D eigenvalue weighted by molar-refractivity contribution is 0.0706. The fourth-order valence-electron chi connectivity index (χ4n) is 5.11. The maximum absolute atomic E-state index is 13.4. The number of carbonyl (C=O) groups excluding carboxylic acids is 1. The van der Waals surface area contributed by atoms with Crippen molar-refractivity contribution in [2.45, 2.75) is 30.0 Å². The fraction of sp³-hybridized carbons (Fsp3) is 0.290. The van der Waals surface area contributed by atoms with E-state index in [1.54, 1.807) is 55.8 Å². The van der Waals surface area contributed by atoms with Gasteiger partial charge in [-0.05, 0) is 55.3 Å². The molecule has 5 rings (SSSR count). The fourth-order valence-corrected chi connectivity index (χ4v) is 6.65. The van der Waals surface area contributed by atoms with Crippen LogP contribution in [-0.2, 0) is 22.1 Å². The average molecular weight is 544 g/mol. The molecule has 0 bridgehead atoms. The lowest BCUT2D eigenvalue weighted by Crippen LogP contribution is -2.41. The third-order valence-corrected chi connectivity index (χ3v) is 8.91. The number of hydrogen-bond donors (Lipinski definition) is 0. The Bertz CT molecular complexity index is 1550. The van der Waals surface area contributed by atoms with E-state index in [9.17, 15) is 13.2 Å². The molecule has 3 aromatic carbocycles. The first-order valence-electron chi connectivity index (χ1n) is 13.2. The van der Waals surface area contributed by atoms with Crippen LogP contribution in [0.4, 0.5) is 0 Å². The Morgan fingerprint density at radius 3 is 2.46 bits per heavy atom. The van der Waals surface area contributed by atoms with Crippen molar-refractivity contribution in [1.29, 1.82) is 0 Å². The minimum atomic E-state index is -3.61. The molecule has 0 radical (unpaired) electrons. The average Bonchev–Trinajstić information content (AvgIpc) is 2.94. The zero-order valence-electron chi connectivity index (χ0n) is 22.1. The van der Waals surface area contributed by atoms with E-state index >= 15 is 0 Å². The highest BCUT2D eigenvalue weighted by atomic mass is 32.2. The van der Waals surface area contributed by atoms with Crippen molar-refractivity contribution >= 4 is 26.6 Å². The van der Waals surface area contributed by atoms with Crippen molar-refractivity contribution in [2.75, 3.05) is 33.3 Å². The second-order valence-electron chi connectivity index (χ2n) is 9.87.